The molecular weight excluding hydrogens is 180 g/mol. The summed E-state index contributed by atoms with van der Waals surface area (Å²) < 4.78 is 0. The second-order valence-electron chi connectivity index (χ2n) is 4.05. The zero-order valence-electron chi connectivity index (χ0n) is 8.50. The second kappa shape index (κ2) is 3.26. The van der Waals surface area contributed by atoms with Crippen LogP contribution in [0.3, 0.4) is 0 Å². The number of carbonyl (C=O) groups excluding carboxylic acids is 2. The molecule has 1 aliphatic rings. The predicted octanol–water partition coefficient (Wildman–Crippen LogP) is 0.851. The van der Waals surface area contributed by atoms with E-state index in [0.29, 0.717) is 5.57 Å². The minimum atomic E-state index is -0.691. The molecular formula is C10H12N2O2. The molecule has 0 N–H and O–H groups in total. The molecule has 0 unspecified atom stereocenters. The van der Waals surface area contributed by atoms with Gasteiger partial charge in [0, 0.05) is 18.2 Å². The van der Waals surface area contributed by atoms with Crippen molar-refractivity contribution in [2.45, 2.75) is 20.8 Å². The Morgan fingerprint density at radius 3 is 2.43 bits per heavy atom. The van der Waals surface area contributed by atoms with Crippen molar-refractivity contribution in [3.63, 3.8) is 0 Å². The van der Waals surface area contributed by atoms with Crippen molar-refractivity contribution in [2.24, 2.45) is 5.41 Å². The predicted molar refractivity (Wildman–Crippen MR) is 49.9 cm³/mol. The van der Waals surface area contributed by atoms with E-state index in [9.17, 15) is 9.59 Å². The van der Waals surface area contributed by atoms with E-state index in [4.69, 9.17) is 5.26 Å². The molecule has 0 atom stereocenters. The van der Waals surface area contributed by atoms with Gasteiger partial charge in [-0.3, -0.25) is 14.5 Å². The molecule has 0 fully saturated rings. The maximum absolute atomic E-state index is 11.4. The highest BCUT2D eigenvalue weighted by Gasteiger charge is 2.33. The number of nitrogens with zero attached hydrogens (tertiary/aromatic N) is 2. The molecule has 74 valence electrons. The molecule has 1 heterocycles. The topological polar surface area (TPSA) is 61.2 Å². The third-order valence-electron chi connectivity index (χ3n) is 2.04. The fraction of sp³-hybridized carbons (Fsp3) is 0.500. The summed E-state index contributed by atoms with van der Waals surface area (Å²) in [5.74, 6) is -0.617. The van der Waals surface area contributed by atoms with E-state index in [0.717, 1.165) is 4.90 Å². The van der Waals surface area contributed by atoms with Gasteiger partial charge in [-0.15, -0.1) is 0 Å². The van der Waals surface area contributed by atoms with Gasteiger partial charge in [-0.1, -0.05) is 0 Å². The molecule has 4 heteroatoms. The standard InChI is InChI=1S/C10H12N2O2/c1-7-4-8(13)12(9(7)14)6-10(2,3)5-11/h4H,6H2,1-3H3. The van der Waals surface area contributed by atoms with Crippen molar-refractivity contribution in [1.82, 2.24) is 4.90 Å². The quantitative estimate of drug-likeness (QED) is 0.609. The van der Waals surface area contributed by atoms with Gasteiger partial charge in [-0.2, -0.15) is 5.26 Å². The van der Waals surface area contributed by atoms with E-state index in [1.807, 2.05) is 0 Å². The maximum Gasteiger partial charge on any atom is 0.256 e. The number of rotatable bonds is 2. The zero-order chi connectivity index (χ0) is 10.9. The Balaban J connectivity index is 2.80. The first-order valence-electron chi connectivity index (χ1n) is 4.33. The second-order valence-corrected chi connectivity index (χ2v) is 4.05. The number of hydrogen-bond acceptors (Lipinski definition) is 3. The first kappa shape index (κ1) is 10.5. The van der Waals surface area contributed by atoms with Crippen LogP contribution in [-0.4, -0.2) is 23.3 Å². The normalized spacial score (nSPS) is 17.0. The van der Waals surface area contributed by atoms with Gasteiger partial charge < -0.3 is 0 Å². The van der Waals surface area contributed by atoms with Gasteiger partial charge in [0.2, 0.25) is 0 Å². The molecule has 0 saturated carbocycles. The Morgan fingerprint density at radius 2 is 2.07 bits per heavy atom. The van der Waals surface area contributed by atoms with Crippen molar-refractivity contribution >= 4 is 11.8 Å². The molecule has 0 bridgehead atoms. The van der Waals surface area contributed by atoms with Crippen LogP contribution in [-0.2, 0) is 9.59 Å². The van der Waals surface area contributed by atoms with E-state index in [1.165, 1.54) is 6.08 Å². The molecule has 0 aromatic heterocycles. The van der Waals surface area contributed by atoms with Gasteiger partial charge in [0.25, 0.3) is 11.8 Å². The highest BCUT2D eigenvalue weighted by Crippen LogP contribution is 2.20. The maximum atomic E-state index is 11.4. The Kier molecular flexibility index (Phi) is 2.43. The van der Waals surface area contributed by atoms with Crippen LogP contribution in [0.5, 0.6) is 0 Å². The van der Waals surface area contributed by atoms with Gasteiger partial charge in [0.15, 0.2) is 0 Å². The number of amides is 2. The molecule has 0 saturated heterocycles. The van der Waals surface area contributed by atoms with Crippen LogP contribution in [0.1, 0.15) is 20.8 Å². The van der Waals surface area contributed by atoms with Crippen molar-refractivity contribution in [2.75, 3.05) is 6.54 Å². The summed E-state index contributed by atoms with van der Waals surface area (Å²) in [4.78, 5) is 23.9. The molecule has 0 spiro atoms. The molecule has 14 heavy (non-hydrogen) atoms. The van der Waals surface area contributed by atoms with Crippen molar-refractivity contribution in [1.29, 1.82) is 5.26 Å². The summed E-state index contributed by atoms with van der Waals surface area (Å²) >= 11 is 0. The van der Waals surface area contributed by atoms with Crippen LogP contribution >= 0.6 is 0 Å². The van der Waals surface area contributed by atoms with Crippen molar-refractivity contribution < 1.29 is 9.59 Å². The molecule has 1 aliphatic heterocycles. The Labute approximate surface area is 82.8 Å². The fourth-order valence-electron chi connectivity index (χ4n) is 1.22. The minimum Gasteiger partial charge on any atom is -0.274 e. The molecule has 0 radical (unpaired) electrons. The SMILES string of the molecule is CC1=CC(=O)N(CC(C)(C)C#N)C1=O. The van der Waals surface area contributed by atoms with E-state index in [-0.39, 0.29) is 18.4 Å². The van der Waals surface area contributed by atoms with Crippen LogP contribution in [0, 0.1) is 16.7 Å². The highest BCUT2D eigenvalue weighted by molar-refractivity contribution is 6.15. The van der Waals surface area contributed by atoms with Crippen molar-refractivity contribution in [3.8, 4) is 6.07 Å². The third kappa shape index (κ3) is 1.82. The number of carbonyl (C=O) groups is 2. The van der Waals surface area contributed by atoms with Gasteiger partial charge in [0.05, 0.1) is 11.5 Å². The molecule has 2 amide bonds. The Morgan fingerprint density at radius 1 is 1.50 bits per heavy atom. The summed E-state index contributed by atoms with van der Waals surface area (Å²) in [6.07, 6.45) is 1.30. The molecule has 0 aliphatic carbocycles. The summed E-state index contributed by atoms with van der Waals surface area (Å²) in [5, 5.41) is 8.78. The van der Waals surface area contributed by atoms with E-state index >= 15 is 0 Å². The van der Waals surface area contributed by atoms with Gasteiger partial charge in [-0.25, -0.2) is 0 Å². The van der Waals surface area contributed by atoms with E-state index in [2.05, 4.69) is 6.07 Å². The fourth-order valence-corrected chi connectivity index (χ4v) is 1.22. The zero-order valence-corrected chi connectivity index (χ0v) is 8.50. The van der Waals surface area contributed by atoms with E-state index < -0.39 is 5.41 Å². The van der Waals surface area contributed by atoms with Crippen LogP contribution in [0.4, 0.5) is 0 Å². The van der Waals surface area contributed by atoms with Gasteiger partial charge in [-0.05, 0) is 20.8 Å². The first-order chi connectivity index (χ1) is 6.37. The lowest BCUT2D eigenvalue weighted by molar-refractivity contribution is -0.138. The Hall–Kier alpha value is -1.63. The van der Waals surface area contributed by atoms with E-state index in [1.54, 1.807) is 20.8 Å². The van der Waals surface area contributed by atoms with Crippen LogP contribution in [0.15, 0.2) is 11.6 Å². The molecule has 4 nitrogen and oxygen atoms in total. The lowest BCUT2D eigenvalue weighted by atomic mass is 9.95. The summed E-state index contributed by atoms with van der Waals surface area (Å²) in [6, 6.07) is 2.05. The lowest BCUT2D eigenvalue weighted by Gasteiger charge is -2.22. The van der Waals surface area contributed by atoms with Gasteiger partial charge in [0.1, 0.15) is 0 Å². The lowest BCUT2D eigenvalue weighted by Crippen LogP contribution is -2.38. The summed E-state index contributed by atoms with van der Waals surface area (Å²) in [5.41, 5.74) is -0.257. The molecule has 1 rings (SSSR count). The van der Waals surface area contributed by atoms with Crippen LogP contribution in [0.25, 0.3) is 0 Å². The number of nitriles is 1. The summed E-state index contributed by atoms with van der Waals surface area (Å²) in [6.45, 7) is 5.14. The summed E-state index contributed by atoms with van der Waals surface area (Å²) in [7, 11) is 0. The van der Waals surface area contributed by atoms with Crippen LogP contribution in [0.2, 0.25) is 0 Å². The largest absolute Gasteiger partial charge is 0.274 e. The van der Waals surface area contributed by atoms with Crippen LogP contribution < -0.4 is 0 Å². The monoisotopic (exact) mass is 192 g/mol. The van der Waals surface area contributed by atoms with Gasteiger partial charge >= 0.3 is 0 Å². The third-order valence-corrected chi connectivity index (χ3v) is 2.04. The smallest absolute Gasteiger partial charge is 0.256 e. The number of hydrogen-bond donors (Lipinski definition) is 0. The first-order valence-corrected chi connectivity index (χ1v) is 4.33. The minimum absolute atomic E-state index is 0.148. The number of imide groups is 1. The van der Waals surface area contributed by atoms with Crippen molar-refractivity contribution in [3.05, 3.63) is 11.6 Å². The molecule has 0 aromatic carbocycles. The molecule has 0 aromatic rings. The average Bonchev–Trinajstić information content (AvgIpc) is 2.32. The average molecular weight is 192 g/mol. The Bertz CT molecular complexity index is 361. The highest BCUT2D eigenvalue weighted by atomic mass is 16.2.